The summed E-state index contributed by atoms with van der Waals surface area (Å²) in [6, 6.07) is 25.5. The fourth-order valence-corrected chi connectivity index (χ4v) is 10.1. The first kappa shape index (κ1) is 40.8. The molecule has 0 spiro atoms. The number of aromatic nitrogens is 2. The molecule has 12 heteroatoms. The molecule has 2 amide bonds. The van der Waals surface area contributed by atoms with Gasteiger partial charge in [-0.15, -0.1) is 0 Å². The highest BCUT2D eigenvalue weighted by Crippen LogP contribution is 2.50. The molecule has 0 aliphatic carbocycles. The molecule has 8 atom stereocenters. The van der Waals surface area contributed by atoms with E-state index in [9.17, 15) is 29.4 Å². The van der Waals surface area contributed by atoms with Crippen LogP contribution in [0.15, 0.2) is 107 Å². The molecule has 2 aromatic heterocycles. The van der Waals surface area contributed by atoms with Crippen LogP contribution in [0.25, 0.3) is 12.2 Å². The molecule has 2 aromatic carbocycles. The van der Waals surface area contributed by atoms with Crippen LogP contribution in [0, 0.1) is 23.7 Å². The predicted octanol–water partition coefficient (Wildman–Crippen LogP) is 5.01. The highest BCUT2D eigenvalue weighted by Gasteiger charge is 2.56. The number of aliphatic hydroxyl groups is 2. The van der Waals surface area contributed by atoms with E-state index in [2.05, 4.69) is 20.4 Å². The van der Waals surface area contributed by atoms with E-state index in [1.165, 1.54) is 0 Å². The maximum atomic E-state index is 13.2. The Kier molecular flexibility index (Phi) is 12.4. The summed E-state index contributed by atoms with van der Waals surface area (Å²) in [5, 5.41) is 26.4. The van der Waals surface area contributed by atoms with Crippen molar-refractivity contribution < 1.29 is 19.8 Å². The molecule has 304 valence electrons. The summed E-state index contributed by atoms with van der Waals surface area (Å²) >= 11 is 0. The van der Waals surface area contributed by atoms with Crippen molar-refractivity contribution in [1.29, 1.82) is 0 Å². The van der Waals surface area contributed by atoms with Crippen LogP contribution in [0.2, 0.25) is 0 Å². The van der Waals surface area contributed by atoms with Gasteiger partial charge in [0.1, 0.15) is 0 Å². The quantitative estimate of drug-likeness (QED) is 0.176. The first-order chi connectivity index (χ1) is 28.2. The van der Waals surface area contributed by atoms with Crippen molar-refractivity contribution in [2.45, 2.75) is 65.0 Å². The van der Waals surface area contributed by atoms with Crippen LogP contribution < -0.4 is 21.8 Å². The van der Waals surface area contributed by atoms with Crippen LogP contribution in [-0.4, -0.2) is 79.3 Å². The third-order valence-electron chi connectivity index (χ3n) is 12.5. The van der Waals surface area contributed by atoms with Gasteiger partial charge >= 0.3 is 0 Å². The second kappa shape index (κ2) is 17.6. The Balaban J connectivity index is 0.000000177. The average Bonchev–Trinajstić information content (AvgIpc) is 3.97. The standard InChI is InChI=1S/2C23H27N3O3/c2*1-3-8-15-11-12-19-20-17(13-26(19)23(15)29)18(14-27)21(25(20)4-2)22(28)24-16-9-6-5-7-10-16/h2*3,5-12,17-18,20-21,27H,4,13-14H2,1-2H3,(H,24,28)/b8-3+;8-3-/t2*17-,18-,20+,21-/m11/s1. The van der Waals surface area contributed by atoms with E-state index in [0.717, 1.165) is 22.8 Å². The Hall–Kier alpha value is -5.40. The molecular formula is C46H54N6O6. The number of allylic oxidation sites excluding steroid dienone is 2. The smallest absolute Gasteiger partial charge is 0.258 e. The zero-order chi connectivity index (χ0) is 41.1. The lowest BCUT2D eigenvalue weighted by molar-refractivity contribution is -0.123. The number of fused-ring (bicyclic) bond motifs is 6. The summed E-state index contributed by atoms with van der Waals surface area (Å²) in [6.07, 6.45) is 7.36. The molecule has 58 heavy (non-hydrogen) atoms. The van der Waals surface area contributed by atoms with Gasteiger partial charge in [-0.25, -0.2) is 0 Å². The molecule has 0 saturated carbocycles. The Labute approximate surface area is 339 Å². The fourth-order valence-electron chi connectivity index (χ4n) is 10.1. The second-order valence-electron chi connectivity index (χ2n) is 15.4. The Morgan fingerprint density at radius 3 is 1.33 bits per heavy atom. The van der Waals surface area contributed by atoms with E-state index < -0.39 is 12.1 Å². The number of pyridine rings is 2. The minimum absolute atomic E-state index is 0.00645. The van der Waals surface area contributed by atoms with Gasteiger partial charge < -0.3 is 30.0 Å². The van der Waals surface area contributed by atoms with E-state index in [1.54, 1.807) is 0 Å². The molecule has 4 aliphatic rings. The van der Waals surface area contributed by atoms with E-state index in [0.29, 0.717) is 37.3 Å². The minimum Gasteiger partial charge on any atom is -0.396 e. The van der Waals surface area contributed by atoms with Crippen LogP contribution >= 0.6 is 0 Å². The van der Waals surface area contributed by atoms with Crippen LogP contribution in [0.4, 0.5) is 11.4 Å². The summed E-state index contributed by atoms with van der Waals surface area (Å²) in [5.41, 5.74) is 4.68. The minimum atomic E-state index is -0.431. The first-order valence-electron chi connectivity index (χ1n) is 20.4. The van der Waals surface area contributed by atoms with Gasteiger partial charge in [-0.05, 0) is 75.5 Å². The topological polar surface area (TPSA) is 149 Å². The summed E-state index contributed by atoms with van der Waals surface area (Å²) in [4.78, 5) is 56.4. The Morgan fingerprint density at radius 1 is 0.621 bits per heavy atom. The molecule has 6 heterocycles. The lowest BCUT2D eigenvalue weighted by Crippen LogP contribution is -2.45. The monoisotopic (exact) mass is 786 g/mol. The summed E-state index contributed by atoms with van der Waals surface area (Å²) < 4.78 is 3.64. The number of anilines is 2. The number of rotatable bonds is 10. The van der Waals surface area contributed by atoms with E-state index in [4.69, 9.17) is 0 Å². The van der Waals surface area contributed by atoms with Gasteiger partial charge in [-0.1, -0.05) is 74.5 Å². The average molecular weight is 787 g/mol. The zero-order valence-electron chi connectivity index (χ0n) is 33.6. The number of carbonyl (C=O) groups is 2. The zero-order valence-corrected chi connectivity index (χ0v) is 33.6. The number of amides is 2. The predicted molar refractivity (Wildman–Crippen MR) is 227 cm³/mol. The lowest BCUT2D eigenvalue weighted by atomic mass is 9.88. The Bertz CT molecular complexity index is 2130. The molecule has 4 N–H and O–H groups in total. The van der Waals surface area contributed by atoms with Gasteiger partial charge in [-0.3, -0.25) is 29.0 Å². The molecule has 0 bridgehead atoms. The van der Waals surface area contributed by atoms with E-state index in [-0.39, 0.29) is 71.9 Å². The SMILES string of the molecule is C/C=C/c1ccc2n(c1=O)C[C@@H]1[C@@H](CO)[C@H](C(=O)Nc3ccccc3)N(CC)[C@H]21.C/C=C\c1ccc2n(c1=O)C[C@@H]1[C@@H](CO)[C@H](C(=O)Nc3ccccc3)N(CC)[C@H]21. The molecule has 0 unspecified atom stereocenters. The number of carbonyl (C=O) groups excluding carboxylic acids is 2. The van der Waals surface area contributed by atoms with Gasteiger partial charge in [0.2, 0.25) is 11.8 Å². The van der Waals surface area contributed by atoms with Crippen molar-refractivity contribution in [3.8, 4) is 0 Å². The van der Waals surface area contributed by atoms with E-state index in [1.807, 2.05) is 146 Å². The van der Waals surface area contributed by atoms with Crippen molar-refractivity contribution >= 4 is 35.3 Å². The number of nitrogens with zero attached hydrogens (tertiary/aromatic N) is 4. The molecule has 2 saturated heterocycles. The number of aliphatic hydroxyl groups excluding tert-OH is 2. The molecule has 2 fully saturated rings. The first-order valence-corrected chi connectivity index (χ1v) is 20.4. The molecule has 4 aromatic rings. The number of hydrogen-bond acceptors (Lipinski definition) is 8. The third-order valence-corrected chi connectivity index (χ3v) is 12.5. The van der Waals surface area contributed by atoms with Gasteiger partial charge in [0, 0.05) is 83.9 Å². The molecule has 0 radical (unpaired) electrons. The maximum Gasteiger partial charge on any atom is 0.258 e. The second-order valence-corrected chi connectivity index (χ2v) is 15.4. The molecule has 12 nitrogen and oxygen atoms in total. The number of benzene rings is 2. The normalized spacial score (nSPS) is 25.9. The third kappa shape index (κ3) is 7.30. The summed E-state index contributed by atoms with van der Waals surface area (Å²) in [7, 11) is 0. The van der Waals surface area contributed by atoms with Gasteiger partial charge in [-0.2, -0.15) is 0 Å². The largest absolute Gasteiger partial charge is 0.396 e. The number of hydrogen-bond donors (Lipinski definition) is 4. The highest BCUT2D eigenvalue weighted by atomic mass is 16.3. The number of likely N-dealkylation sites (tertiary alicyclic amines) is 2. The van der Waals surface area contributed by atoms with Crippen LogP contribution in [0.5, 0.6) is 0 Å². The van der Waals surface area contributed by atoms with Gasteiger partial charge in [0.15, 0.2) is 0 Å². The van der Waals surface area contributed by atoms with Gasteiger partial charge in [0.05, 0.1) is 24.2 Å². The number of nitrogens with one attached hydrogen (secondary N) is 2. The molecule has 8 rings (SSSR count). The van der Waals surface area contributed by atoms with Crippen molar-refractivity contribution in [2.24, 2.45) is 23.7 Å². The number of para-hydroxylation sites is 2. The van der Waals surface area contributed by atoms with Gasteiger partial charge in [0.25, 0.3) is 11.1 Å². The van der Waals surface area contributed by atoms with Crippen molar-refractivity contribution in [2.75, 3.05) is 36.9 Å². The van der Waals surface area contributed by atoms with Crippen molar-refractivity contribution in [3.63, 3.8) is 0 Å². The van der Waals surface area contributed by atoms with E-state index >= 15 is 0 Å². The maximum absolute atomic E-state index is 13.2. The van der Waals surface area contributed by atoms with Crippen LogP contribution in [0.1, 0.15) is 62.3 Å². The van der Waals surface area contributed by atoms with Crippen LogP contribution in [-0.2, 0) is 22.7 Å². The fraction of sp³-hybridized carbons (Fsp3) is 0.391. The van der Waals surface area contributed by atoms with Crippen LogP contribution in [0.3, 0.4) is 0 Å². The van der Waals surface area contributed by atoms with Crippen molar-refractivity contribution in [1.82, 2.24) is 18.9 Å². The van der Waals surface area contributed by atoms with Crippen molar-refractivity contribution in [3.05, 3.63) is 140 Å². The summed E-state index contributed by atoms with van der Waals surface area (Å²) in [6.45, 7) is 10.0. The molecular weight excluding hydrogens is 733 g/mol. The summed E-state index contributed by atoms with van der Waals surface area (Å²) in [5.74, 6) is -0.613. The lowest BCUT2D eigenvalue weighted by Gasteiger charge is -2.29. The highest BCUT2D eigenvalue weighted by molar-refractivity contribution is 5.96. The molecule has 4 aliphatic heterocycles. The Morgan fingerprint density at radius 2 is 1.00 bits per heavy atom. The number of likely N-dealkylation sites (N-methyl/N-ethyl adjacent to an activating group) is 2.